The molecule has 0 radical (unpaired) electrons. The highest BCUT2D eigenvalue weighted by Gasteiger charge is 2.44. The van der Waals surface area contributed by atoms with Gasteiger partial charge in [0, 0.05) is 29.9 Å². The van der Waals surface area contributed by atoms with Crippen LogP contribution in [0.3, 0.4) is 0 Å². The van der Waals surface area contributed by atoms with Gasteiger partial charge in [0.15, 0.2) is 0 Å². The fraction of sp³-hybridized carbons (Fsp3) is 0.450. The van der Waals surface area contributed by atoms with Crippen LogP contribution in [0.1, 0.15) is 42.0 Å². The van der Waals surface area contributed by atoms with Gasteiger partial charge in [-0.3, -0.25) is 4.79 Å². The number of nitrogens with zero attached hydrogens (tertiary/aromatic N) is 3. The molecule has 1 saturated carbocycles. The molecule has 128 valence electrons. The number of aliphatic carboxylic acids is 1. The Labute approximate surface area is 146 Å². The van der Waals surface area contributed by atoms with Crippen LogP contribution in [-0.4, -0.2) is 34.1 Å². The largest absolute Gasteiger partial charge is 0.481 e. The number of rotatable bonds is 4. The summed E-state index contributed by atoms with van der Waals surface area (Å²) in [6.07, 6.45) is 5.18. The minimum absolute atomic E-state index is 0.155. The standard InChI is InChI=1S/C20H21N3O2/c24-19(25)16-11-15(16)12-4-1-5-13(10-12)18-14-6-2-7-17(14)21-20(22-18)23-8-3-9-23/h1,4-5,10,15-16H,2-3,6-9,11H2,(H,24,25). The minimum atomic E-state index is -0.682. The lowest BCUT2D eigenvalue weighted by Crippen LogP contribution is -2.38. The van der Waals surface area contributed by atoms with E-state index in [0.717, 1.165) is 61.5 Å². The second-order valence-corrected chi connectivity index (χ2v) is 7.40. The fourth-order valence-corrected chi connectivity index (χ4v) is 4.07. The summed E-state index contributed by atoms with van der Waals surface area (Å²) in [5.74, 6) is 0.116. The molecule has 0 amide bonds. The molecule has 2 atom stereocenters. The predicted molar refractivity (Wildman–Crippen MR) is 94.8 cm³/mol. The van der Waals surface area contributed by atoms with E-state index >= 15 is 0 Å². The van der Waals surface area contributed by atoms with Gasteiger partial charge in [0.2, 0.25) is 5.95 Å². The lowest BCUT2D eigenvalue weighted by atomic mass is 10.0. The first kappa shape index (κ1) is 14.9. The number of aryl methyl sites for hydroxylation is 1. The van der Waals surface area contributed by atoms with Crippen LogP contribution in [0, 0.1) is 5.92 Å². The third kappa shape index (κ3) is 2.49. The summed E-state index contributed by atoms with van der Waals surface area (Å²) in [6.45, 7) is 2.08. The number of aromatic nitrogens is 2. The number of benzene rings is 1. The van der Waals surface area contributed by atoms with Crippen molar-refractivity contribution >= 4 is 11.9 Å². The van der Waals surface area contributed by atoms with Crippen LogP contribution < -0.4 is 4.90 Å². The first-order valence-electron chi connectivity index (χ1n) is 9.18. The van der Waals surface area contributed by atoms with Gasteiger partial charge in [-0.2, -0.15) is 0 Å². The molecule has 3 aliphatic rings. The molecule has 2 aliphatic carbocycles. The van der Waals surface area contributed by atoms with E-state index in [0.29, 0.717) is 0 Å². The van der Waals surface area contributed by atoms with E-state index in [2.05, 4.69) is 23.1 Å². The Morgan fingerprint density at radius 1 is 1.16 bits per heavy atom. The molecule has 5 nitrogen and oxygen atoms in total. The van der Waals surface area contributed by atoms with Crippen molar-refractivity contribution in [3.8, 4) is 11.3 Å². The van der Waals surface area contributed by atoms with Crippen LogP contribution in [-0.2, 0) is 17.6 Å². The van der Waals surface area contributed by atoms with Crippen molar-refractivity contribution in [2.75, 3.05) is 18.0 Å². The van der Waals surface area contributed by atoms with Gasteiger partial charge >= 0.3 is 5.97 Å². The van der Waals surface area contributed by atoms with Crippen molar-refractivity contribution < 1.29 is 9.90 Å². The van der Waals surface area contributed by atoms with E-state index in [1.165, 1.54) is 17.7 Å². The van der Waals surface area contributed by atoms with Gasteiger partial charge in [0.25, 0.3) is 0 Å². The van der Waals surface area contributed by atoms with Crippen LogP contribution >= 0.6 is 0 Å². The summed E-state index contributed by atoms with van der Waals surface area (Å²) < 4.78 is 0. The summed E-state index contributed by atoms with van der Waals surface area (Å²) in [4.78, 5) is 23.1. The van der Waals surface area contributed by atoms with Crippen molar-refractivity contribution in [2.45, 2.75) is 38.0 Å². The van der Waals surface area contributed by atoms with Gasteiger partial charge in [0.05, 0.1) is 11.6 Å². The average Bonchev–Trinajstić information content (AvgIpc) is 3.24. The molecule has 2 aromatic rings. The Bertz CT molecular complexity index is 860. The first-order valence-corrected chi connectivity index (χ1v) is 9.18. The number of carboxylic acid groups (broad SMARTS) is 1. The van der Waals surface area contributed by atoms with E-state index in [-0.39, 0.29) is 11.8 Å². The molecule has 2 unspecified atom stereocenters. The number of carbonyl (C=O) groups is 1. The molecule has 1 aliphatic heterocycles. The lowest BCUT2D eigenvalue weighted by Gasteiger charge is -2.31. The molecule has 2 fully saturated rings. The summed E-state index contributed by atoms with van der Waals surface area (Å²) in [7, 11) is 0. The summed E-state index contributed by atoms with van der Waals surface area (Å²) in [6, 6.07) is 8.33. The summed E-state index contributed by atoms with van der Waals surface area (Å²) in [5, 5.41) is 9.20. The van der Waals surface area contributed by atoms with Crippen molar-refractivity contribution in [2.24, 2.45) is 5.92 Å². The third-order valence-corrected chi connectivity index (χ3v) is 5.76. The number of anilines is 1. The molecule has 0 bridgehead atoms. The van der Waals surface area contributed by atoms with Crippen LogP contribution in [0.4, 0.5) is 5.95 Å². The molecular weight excluding hydrogens is 314 g/mol. The maximum absolute atomic E-state index is 11.2. The van der Waals surface area contributed by atoms with Crippen LogP contribution in [0.25, 0.3) is 11.3 Å². The molecule has 2 heterocycles. The summed E-state index contributed by atoms with van der Waals surface area (Å²) in [5.41, 5.74) is 5.77. The molecule has 0 spiro atoms. The highest BCUT2D eigenvalue weighted by Crippen LogP contribution is 2.48. The lowest BCUT2D eigenvalue weighted by molar-refractivity contribution is -0.138. The summed E-state index contributed by atoms with van der Waals surface area (Å²) >= 11 is 0. The van der Waals surface area contributed by atoms with E-state index in [1.54, 1.807) is 0 Å². The Morgan fingerprint density at radius 2 is 2.04 bits per heavy atom. The Hall–Kier alpha value is -2.43. The molecule has 1 N–H and O–H groups in total. The number of hydrogen-bond acceptors (Lipinski definition) is 4. The zero-order chi connectivity index (χ0) is 17.0. The van der Waals surface area contributed by atoms with Crippen LogP contribution in [0.2, 0.25) is 0 Å². The van der Waals surface area contributed by atoms with E-state index < -0.39 is 5.97 Å². The number of hydrogen-bond donors (Lipinski definition) is 1. The highest BCUT2D eigenvalue weighted by molar-refractivity contribution is 5.76. The van der Waals surface area contributed by atoms with Gasteiger partial charge in [-0.25, -0.2) is 9.97 Å². The smallest absolute Gasteiger partial charge is 0.307 e. The Balaban J connectivity index is 1.55. The second-order valence-electron chi connectivity index (χ2n) is 7.40. The third-order valence-electron chi connectivity index (χ3n) is 5.76. The minimum Gasteiger partial charge on any atom is -0.481 e. The Kier molecular flexibility index (Phi) is 3.30. The van der Waals surface area contributed by atoms with Crippen molar-refractivity contribution in [3.05, 3.63) is 41.1 Å². The zero-order valence-electron chi connectivity index (χ0n) is 14.1. The topological polar surface area (TPSA) is 66.3 Å². The predicted octanol–water partition coefficient (Wildman–Crippen LogP) is 3.03. The van der Waals surface area contributed by atoms with Gasteiger partial charge in [-0.05, 0) is 49.7 Å². The van der Waals surface area contributed by atoms with Crippen LogP contribution in [0.5, 0.6) is 0 Å². The second kappa shape index (κ2) is 5.55. The van der Waals surface area contributed by atoms with Crippen LogP contribution in [0.15, 0.2) is 24.3 Å². The maximum Gasteiger partial charge on any atom is 0.307 e. The van der Waals surface area contributed by atoms with Crippen molar-refractivity contribution in [3.63, 3.8) is 0 Å². The number of fused-ring (bicyclic) bond motifs is 1. The zero-order valence-corrected chi connectivity index (χ0v) is 14.1. The SMILES string of the molecule is O=C(O)C1CC1c1cccc(-c2nc(N3CCC3)nc3c2CCC3)c1. The average molecular weight is 335 g/mol. The maximum atomic E-state index is 11.2. The molecule has 1 saturated heterocycles. The number of carboxylic acids is 1. The fourth-order valence-electron chi connectivity index (χ4n) is 4.07. The van der Waals surface area contributed by atoms with Gasteiger partial charge in [0.1, 0.15) is 0 Å². The molecule has 25 heavy (non-hydrogen) atoms. The van der Waals surface area contributed by atoms with E-state index in [1.807, 2.05) is 6.07 Å². The van der Waals surface area contributed by atoms with Gasteiger partial charge < -0.3 is 10.0 Å². The Morgan fingerprint density at radius 3 is 2.76 bits per heavy atom. The van der Waals surface area contributed by atoms with Gasteiger partial charge in [-0.1, -0.05) is 18.2 Å². The quantitative estimate of drug-likeness (QED) is 0.930. The van der Waals surface area contributed by atoms with E-state index in [9.17, 15) is 9.90 Å². The molecule has 5 heteroatoms. The van der Waals surface area contributed by atoms with Gasteiger partial charge in [-0.15, -0.1) is 0 Å². The normalized spacial score (nSPS) is 23.9. The monoisotopic (exact) mass is 335 g/mol. The van der Waals surface area contributed by atoms with Crippen molar-refractivity contribution in [1.82, 2.24) is 9.97 Å². The van der Waals surface area contributed by atoms with Crippen molar-refractivity contribution in [1.29, 1.82) is 0 Å². The molecular formula is C20H21N3O2. The molecule has 1 aromatic carbocycles. The highest BCUT2D eigenvalue weighted by atomic mass is 16.4. The molecule has 5 rings (SSSR count). The molecule has 1 aromatic heterocycles. The van der Waals surface area contributed by atoms with E-state index in [4.69, 9.17) is 9.97 Å². The first-order chi connectivity index (χ1) is 12.2.